The van der Waals surface area contributed by atoms with Crippen molar-refractivity contribution in [3.05, 3.63) is 18.5 Å². The molecule has 0 aromatic carbocycles. The Balaban J connectivity index is 2.33. The number of anilines is 1. The maximum Gasteiger partial charge on any atom is 0.228 e. The maximum atomic E-state index is 11.7. The van der Waals surface area contributed by atoms with Gasteiger partial charge in [0.2, 0.25) is 5.91 Å². The van der Waals surface area contributed by atoms with Gasteiger partial charge in [0.05, 0.1) is 13.3 Å². The van der Waals surface area contributed by atoms with Crippen LogP contribution in [0.4, 0.5) is 5.69 Å². The van der Waals surface area contributed by atoms with Crippen molar-refractivity contribution in [2.45, 2.75) is 11.2 Å². The average Bonchev–Trinajstić information content (AvgIpc) is 2.57. The highest BCUT2D eigenvalue weighted by atomic mass is 79.9. The molecule has 5 heteroatoms. The molecule has 1 aliphatic heterocycles. The predicted octanol–water partition coefficient (Wildman–Crippen LogP) is 1.59. The number of alkyl halides is 1. The Morgan fingerprint density at radius 1 is 1.67 bits per heavy atom. The molecule has 0 N–H and O–H groups in total. The van der Waals surface area contributed by atoms with E-state index >= 15 is 0 Å². The number of methoxy groups -OCH3 is 1. The van der Waals surface area contributed by atoms with Crippen molar-refractivity contribution in [2.24, 2.45) is 0 Å². The number of hydrogen-bond donors (Lipinski definition) is 0. The number of nitrogens with zero attached hydrogens (tertiary/aromatic N) is 2. The Bertz CT molecular complexity index is 383. The van der Waals surface area contributed by atoms with Crippen LogP contribution in [0.15, 0.2) is 18.5 Å². The molecule has 2 heterocycles. The number of carbonyl (C=O) groups is 1. The van der Waals surface area contributed by atoms with Gasteiger partial charge in [0.25, 0.3) is 0 Å². The van der Waals surface area contributed by atoms with E-state index in [1.165, 1.54) is 0 Å². The van der Waals surface area contributed by atoms with Gasteiger partial charge in [0.1, 0.15) is 11.4 Å². The lowest BCUT2D eigenvalue weighted by Crippen LogP contribution is -2.25. The number of hydrogen-bond acceptors (Lipinski definition) is 3. The van der Waals surface area contributed by atoms with Gasteiger partial charge in [-0.2, -0.15) is 0 Å². The Morgan fingerprint density at radius 2 is 2.47 bits per heavy atom. The number of amides is 1. The van der Waals surface area contributed by atoms with Crippen LogP contribution < -0.4 is 9.64 Å². The van der Waals surface area contributed by atoms with Gasteiger partial charge in [-0.1, -0.05) is 15.9 Å². The number of aromatic nitrogens is 1. The molecular formula is C10H11BrN2O2. The predicted molar refractivity (Wildman–Crippen MR) is 60.5 cm³/mol. The van der Waals surface area contributed by atoms with E-state index in [9.17, 15) is 4.79 Å². The zero-order chi connectivity index (χ0) is 10.8. The molecule has 1 atom stereocenters. The molecule has 15 heavy (non-hydrogen) atoms. The van der Waals surface area contributed by atoms with Crippen LogP contribution in [-0.4, -0.2) is 29.4 Å². The van der Waals surface area contributed by atoms with E-state index in [-0.39, 0.29) is 10.7 Å². The minimum absolute atomic E-state index is 0.100. The molecule has 4 nitrogen and oxygen atoms in total. The highest BCUT2D eigenvalue weighted by molar-refractivity contribution is 9.09. The van der Waals surface area contributed by atoms with Gasteiger partial charge < -0.3 is 9.64 Å². The molecule has 1 amide bonds. The molecule has 0 saturated carbocycles. The van der Waals surface area contributed by atoms with Gasteiger partial charge in [-0.3, -0.25) is 9.78 Å². The number of halogens is 1. The largest absolute Gasteiger partial charge is 0.494 e. The van der Waals surface area contributed by atoms with E-state index in [1.54, 1.807) is 30.5 Å². The lowest BCUT2D eigenvalue weighted by atomic mass is 10.3. The summed E-state index contributed by atoms with van der Waals surface area (Å²) in [6.45, 7) is 0.668. The first-order valence-electron chi connectivity index (χ1n) is 4.65. The molecule has 0 bridgehead atoms. The second kappa shape index (κ2) is 4.18. The first kappa shape index (κ1) is 10.4. The number of pyridine rings is 1. The molecule has 1 aromatic rings. The summed E-state index contributed by atoms with van der Waals surface area (Å²) in [5.41, 5.74) is 0.743. The molecule has 0 spiro atoms. The van der Waals surface area contributed by atoms with E-state index < -0.39 is 0 Å². The van der Waals surface area contributed by atoms with Crippen molar-refractivity contribution in [2.75, 3.05) is 18.6 Å². The summed E-state index contributed by atoms with van der Waals surface area (Å²) in [5.74, 6) is 0.781. The van der Waals surface area contributed by atoms with Crippen LogP contribution in [0, 0.1) is 0 Å². The van der Waals surface area contributed by atoms with Gasteiger partial charge in [0, 0.05) is 30.1 Å². The second-order valence-corrected chi connectivity index (χ2v) is 4.65. The van der Waals surface area contributed by atoms with Gasteiger partial charge in [-0.25, -0.2) is 0 Å². The monoisotopic (exact) mass is 270 g/mol. The lowest BCUT2D eigenvalue weighted by Gasteiger charge is -2.17. The third-order valence-electron chi connectivity index (χ3n) is 2.35. The summed E-state index contributed by atoms with van der Waals surface area (Å²) in [4.78, 5) is 17.6. The lowest BCUT2D eigenvalue weighted by molar-refractivity contribution is -0.117. The van der Waals surface area contributed by atoms with Crippen molar-refractivity contribution in [1.29, 1.82) is 0 Å². The summed E-state index contributed by atoms with van der Waals surface area (Å²) < 4.78 is 5.19. The third-order valence-corrected chi connectivity index (χ3v) is 2.96. The number of rotatable bonds is 2. The van der Waals surface area contributed by atoms with Crippen LogP contribution >= 0.6 is 15.9 Å². The summed E-state index contributed by atoms with van der Waals surface area (Å²) in [7, 11) is 1.59. The molecule has 0 aliphatic carbocycles. The molecule has 0 radical (unpaired) electrons. The average molecular weight is 271 g/mol. The van der Waals surface area contributed by atoms with Gasteiger partial charge >= 0.3 is 0 Å². The Labute approximate surface area is 96.4 Å². The Morgan fingerprint density at radius 3 is 3.07 bits per heavy atom. The summed E-state index contributed by atoms with van der Waals surface area (Å²) in [6, 6.07) is 1.75. The van der Waals surface area contributed by atoms with Crippen molar-refractivity contribution >= 4 is 27.5 Å². The summed E-state index contributed by atoms with van der Waals surface area (Å²) >= 11 is 3.44. The summed E-state index contributed by atoms with van der Waals surface area (Å²) in [5, 5.41) is 0. The molecule has 1 unspecified atom stereocenters. The van der Waals surface area contributed by atoms with Crippen LogP contribution in [0.3, 0.4) is 0 Å². The zero-order valence-electron chi connectivity index (χ0n) is 8.31. The van der Waals surface area contributed by atoms with E-state index in [1.807, 2.05) is 0 Å². The molecular weight excluding hydrogens is 260 g/mol. The van der Waals surface area contributed by atoms with Crippen molar-refractivity contribution < 1.29 is 9.53 Å². The van der Waals surface area contributed by atoms with Crippen LogP contribution in [-0.2, 0) is 4.79 Å². The minimum atomic E-state index is 0.100. The Hall–Kier alpha value is -1.10. The maximum absolute atomic E-state index is 11.7. The normalized spacial score (nSPS) is 20.8. The van der Waals surface area contributed by atoms with Gasteiger partial charge in [-0.15, -0.1) is 0 Å². The first-order chi connectivity index (χ1) is 7.22. The minimum Gasteiger partial charge on any atom is -0.494 e. The molecule has 1 fully saturated rings. The SMILES string of the molecule is COc1ccncc1N1CC(Br)CC1=O. The zero-order valence-corrected chi connectivity index (χ0v) is 9.90. The quantitative estimate of drug-likeness (QED) is 0.767. The molecule has 1 aromatic heterocycles. The highest BCUT2D eigenvalue weighted by Gasteiger charge is 2.30. The van der Waals surface area contributed by atoms with Crippen molar-refractivity contribution in [1.82, 2.24) is 4.98 Å². The van der Waals surface area contributed by atoms with Crippen LogP contribution in [0.1, 0.15) is 6.42 Å². The Kier molecular flexibility index (Phi) is 2.90. The smallest absolute Gasteiger partial charge is 0.228 e. The summed E-state index contributed by atoms with van der Waals surface area (Å²) in [6.07, 6.45) is 3.83. The fraction of sp³-hybridized carbons (Fsp3) is 0.400. The van der Waals surface area contributed by atoms with E-state index in [0.29, 0.717) is 18.7 Å². The fourth-order valence-corrected chi connectivity index (χ4v) is 2.21. The van der Waals surface area contributed by atoms with Crippen LogP contribution in [0.2, 0.25) is 0 Å². The molecule has 1 aliphatic rings. The number of ether oxygens (including phenoxy) is 1. The second-order valence-electron chi connectivity index (χ2n) is 3.35. The molecule has 80 valence electrons. The van der Waals surface area contributed by atoms with Crippen molar-refractivity contribution in [3.8, 4) is 5.75 Å². The number of carbonyl (C=O) groups excluding carboxylic acids is 1. The van der Waals surface area contributed by atoms with Crippen molar-refractivity contribution in [3.63, 3.8) is 0 Å². The van der Waals surface area contributed by atoms with E-state index in [0.717, 1.165) is 5.69 Å². The highest BCUT2D eigenvalue weighted by Crippen LogP contribution is 2.31. The van der Waals surface area contributed by atoms with Crippen LogP contribution in [0.25, 0.3) is 0 Å². The van der Waals surface area contributed by atoms with Crippen LogP contribution in [0.5, 0.6) is 5.75 Å². The van der Waals surface area contributed by atoms with Gasteiger partial charge in [-0.05, 0) is 0 Å². The first-order valence-corrected chi connectivity index (χ1v) is 5.56. The van der Waals surface area contributed by atoms with E-state index in [2.05, 4.69) is 20.9 Å². The van der Waals surface area contributed by atoms with Gasteiger partial charge in [0.15, 0.2) is 0 Å². The fourth-order valence-electron chi connectivity index (χ4n) is 1.65. The third kappa shape index (κ3) is 1.97. The van der Waals surface area contributed by atoms with E-state index in [4.69, 9.17) is 4.74 Å². The standard InChI is InChI=1S/C10H11BrN2O2/c1-15-9-2-3-12-5-8(9)13-6-7(11)4-10(13)14/h2-3,5,7H,4,6H2,1H3. The topological polar surface area (TPSA) is 42.4 Å². The molecule has 1 saturated heterocycles. The molecule has 2 rings (SSSR count).